The molecule has 1 unspecified atom stereocenters. The summed E-state index contributed by atoms with van der Waals surface area (Å²) in [4.78, 5) is 5.76. The third-order valence-electron chi connectivity index (χ3n) is 2.52. The van der Waals surface area contributed by atoms with E-state index in [0.717, 1.165) is 12.5 Å². The average molecular weight is 295 g/mol. The predicted molar refractivity (Wildman–Crippen MR) is 58.8 cm³/mol. The van der Waals surface area contributed by atoms with Crippen LogP contribution < -0.4 is 4.90 Å². The predicted octanol–water partition coefficient (Wildman–Crippen LogP) is 3.07. The van der Waals surface area contributed by atoms with Crippen LogP contribution in [-0.2, 0) is 6.18 Å². The number of nitrogens with zero attached hydrogens (tertiary/aromatic N) is 2. The number of pyridine rings is 1. The molecule has 6 heteroatoms. The monoisotopic (exact) mass is 294 g/mol. The Labute approximate surface area is 99.6 Å². The number of aromatic nitrogens is 1. The molecule has 0 amide bonds. The van der Waals surface area contributed by atoms with Gasteiger partial charge in [-0.2, -0.15) is 13.2 Å². The standard InChI is InChI=1S/C10H10BrF3N2/c11-7-3-5-16(6-7)9-8(10(12,13)14)2-1-4-15-9/h1-2,4,7H,3,5-6H2. The van der Waals surface area contributed by atoms with Crippen molar-refractivity contribution in [3.05, 3.63) is 23.9 Å². The van der Waals surface area contributed by atoms with Crippen LogP contribution in [0.2, 0.25) is 0 Å². The first kappa shape index (κ1) is 11.7. The van der Waals surface area contributed by atoms with Crippen molar-refractivity contribution in [1.82, 2.24) is 4.98 Å². The maximum Gasteiger partial charge on any atom is 0.419 e. The van der Waals surface area contributed by atoms with Gasteiger partial charge < -0.3 is 4.90 Å². The zero-order valence-corrected chi connectivity index (χ0v) is 9.92. The highest BCUT2D eigenvalue weighted by atomic mass is 79.9. The van der Waals surface area contributed by atoms with Crippen LogP contribution in [0.1, 0.15) is 12.0 Å². The fraction of sp³-hybridized carbons (Fsp3) is 0.500. The summed E-state index contributed by atoms with van der Waals surface area (Å²) < 4.78 is 38.2. The summed E-state index contributed by atoms with van der Waals surface area (Å²) in [6.07, 6.45) is -2.10. The van der Waals surface area contributed by atoms with E-state index in [2.05, 4.69) is 20.9 Å². The van der Waals surface area contributed by atoms with Gasteiger partial charge in [0.15, 0.2) is 0 Å². The van der Waals surface area contributed by atoms with Crippen molar-refractivity contribution in [3.8, 4) is 0 Å². The molecule has 1 aromatic rings. The third-order valence-corrected chi connectivity index (χ3v) is 3.27. The maximum atomic E-state index is 12.7. The summed E-state index contributed by atoms with van der Waals surface area (Å²) >= 11 is 3.40. The second kappa shape index (κ2) is 4.24. The smallest absolute Gasteiger partial charge is 0.355 e. The van der Waals surface area contributed by atoms with Gasteiger partial charge in [-0.3, -0.25) is 0 Å². The summed E-state index contributed by atoms with van der Waals surface area (Å²) in [6, 6.07) is 2.39. The van der Waals surface area contributed by atoms with E-state index in [0.29, 0.717) is 13.1 Å². The third kappa shape index (κ3) is 2.31. The molecule has 0 spiro atoms. The zero-order valence-electron chi connectivity index (χ0n) is 8.34. The van der Waals surface area contributed by atoms with Gasteiger partial charge in [-0.15, -0.1) is 0 Å². The molecule has 0 N–H and O–H groups in total. The van der Waals surface area contributed by atoms with Crippen LogP contribution in [0.3, 0.4) is 0 Å². The maximum absolute atomic E-state index is 12.7. The normalized spacial score (nSPS) is 21.5. The average Bonchev–Trinajstić information content (AvgIpc) is 2.64. The van der Waals surface area contributed by atoms with Gasteiger partial charge in [0, 0.05) is 24.1 Å². The number of hydrogen-bond donors (Lipinski definition) is 0. The second-order valence-corrected chi connectivity index (χ2v) is 5.00. The summed E-state index contributed by atoms with van der Waals surface area (Å²) in [7, 11) is 0. The fourth-order valence-electron chi connectivity index (χ4n) is 1.78. The second-order valence-electron chi connectivity index (χ2n) is 3.70. The first-order chi connectivity index (χ1) is 7.48. The van der Waals surface area contributed by atoms with Crippen molar-refractivity contribution in [1.29, 1.82) is 0 Å². The molecule has 88 valence electrons. The molecule has 2 rings (SSSR count). The molecule has 2 nitrogen and oxygen atoms in total. The Kier molecular flexibility index (Phi) is 3.10. The van der Waals surface area contributed by atoms with Gasteiger partial charge in [0.2, 0.25) is 0 Å². The van der Waals surface area contributed by atoms with Gasteiger partial charge in [0.1, 0.15) is 5.82 Å². The molecule has 0 aromatic carbocycles. The van der Waals surface area contributed by atoms with Crippen LogP contribution in [0.4, 0.5) is 19.0 Å². The largest absolute Gasteiger partial charge is 0.419 e. The Bertz CT molecular complexity index is 381. The van der Waals surface area contributed by atoms with Crippen LogP contribution in [0.15, 0.2) is 18.3 Å². The van der Waals surface area contributed by atoms with E-state index in [1.807, 2.05) is 0 Å². The van der Waals surface area contributed by atoms with Gasteiger partial charge in [-0.25, -0.2) is 4.98 Å². The number of hydrogen-bond acceptors (Lipinski definition) is 2. The van der Waals surface area contributed by atoms with Crippen LogP contribution in [0.5, 0.6) is 0 Å². The summed E-state index contributed by atoms with van der Waals surface area (Å²) in [6.45, 7) is 1.18. The first-order valence-corrected chi connectivity index (χ1v) is 5.81. The molecule has 1 aromatic heterocycles. The minimum absolute atomic E-state index is 0.0388. The number of alkyl halides is 4. The van der Waals surface area contributed by atoms with Crippen LogP contribution in [0.25, 0.3) is 0 Å². The van der Waals surface area contributed by atoms with E-state index in [-0.39, 0.29) is 10.6 Å². The zero-order chi connectivity index (χ0) is 11.8. The Morgan fingerprint density at radius 2 is 2.19 bits per heavy atom. The van der Waals surface area contributed by atoms with Gasteiger partial charge in [0.05, 0.1) is 5.56 Å². The van der Waals surface area contributed by atoms with Gasteiger partial charge >= 0.3 is 6.18 Å². The van der Waals surface area contributed by atoms with E-state index >= 15 is 0 Å². The molecule has 16 heavy (non-hydrogen) atoms. The quantitative estimate of drug-likeness (QED) is 0.740. The van der Waals surface area contributed by atoms with E-state index in [4.69, 9.17) is 0 Å². The lowest BCUT2D eigenvalue weighted by atomic mass is 10.2. The van der Waals surface area contributed by atoms with Gasteiger partial charge in [0.25, 0.3) is 0 Å². The molecule has 1 saturated heterocycles. The topological polar surface area (TPSA) is 16.1 Å². The molecule has 1 aliphatic heterocycles. The molecule has 1 fully saturated rings. The number of anilines is 1. The minimum Gasteiger partial charge on any atom is -0.355 e. The van der Waals surface area contributed by atoms with Crippen molar-refractivity contribution in [2.24, 2.45) is 0 Å². The minimum atomic E-state index is -4.34. The van der Waals surface area contributed by atoms with Gasteiger partial charge in [-0.1, -0.05) is 15.9 Å². The van der Waals surface area contributed by atoms with Crippen molar-refractivity contribution < 1.29 is 13.2 Å². The SMILES string of the molecule is FC(F)(F)c1cccnc1N1CCC(Br)C1. The van der Waals surface area contributed by atoms with Crippen LogP contribution >= 0.6 is 15.9 Å². The molecule has 1 aliphatic rings. The van der Waals surface area contributed by atoms with E-state index in [1.54, 1.807) is 4.90 Å². The summed E-state index contributed by atoms with van der Waals surface area (Å²) in [5, 5.41) is 0. The lowest BCUT2D eigenvalue weighted by Crippen LogP contribution is -2.24. The number of halogens is 4. The van der Waals surface area contributed by atoms with Crippen molar-refractivity contribution >= 4 is 21.7 Å². The summed E-state index contributed by atoms with van der Waals surface area (Å²) in [5.74, 6) is 0.0388. The first-order valence-electron chi connectivity index (χ1n) is 4.89. The molecule has 1 atom stereocenters. The molecular weight excluding hydrogens is 285 g/mol. The number of rotatable bonds is 1. The lowest BCUT2D eigenvalue weighted by Gasteiger charge is -2.21. The molecule has 0 bridgehead atoms. The highest BCUT2D eigenvalue weighted by Crippen LogP contribution is 2.36. The molecular formula is C10H10BrF3N2. The molecule has 0 aliphatic carbocycles. The molecule has 2 heterocycles. The molecule has 0 saturated carbocycles. The highest BCUT2D eigenvalue weighted by molar-refractivity contribution is 9.09. The van der Waals surface area contributed by atoms with Crippen LogP contribution in [-0.4, -0.2) is 22.9 Å². The van der Waals surface area contributed by atoms with E-state index < -0.39 is 11.7 Å². The van der Waals surface area contributed by atoms with Crippen molar-refractivity contribution in [2.45, 2.75) is 17.4 Å². The van der Waals surface area contributed by atoms with Gasteiger partial charge in [-0.05, 0) is 18.6 Å². The highest BCUT2D eigenvalue weighted by Gasteiger charge is 2.36. The van der Waals surface area contributed by atoms with Crippen molar-refractivity contribution in [2.75, 3.05) is 18.0 Å². The lowest BCUT2D eigenvalue weighted by molar-refractivity contribution is -0.137. The Balaban J connectivity index is 2.34. The van der Waals surface area contributed by atoms with Crippen LogP contribution in [0, 0.1) is 0 Å². The van der Waals surface area contributed by atoms with E-state index in [9.17, 15) is 13.2 Å². The Hall–Kier alpha value is -0.780. The summed E-state index contributed by atoms with van der Waals surface area (Å²) in [5.41, 5.74) is -0.656. The Morgan fingerprint density at radius 3 is 2.75 bits per heavy atom. The van der Waals surface area contributed by atoms with Crippen molar-refractivity contribution in [3.63, 3.8) is 0 Å². The molecule has 0 radical (unpaired) electrons. The van der Waals surface area contributed by atoms with E-state index in [1.165, 1.54) is 12.3 Å². The Morgan fingerprint density at radius 1 is 1.44 bits per heavy atom. The fourth-order valence-corrected chi connectivity index (χ4v) is 2.33.